The summed E-state index contributed by atoms with van der Waals surface area (Å²) in [5.41, 5.74) is 3.65. The van der Waals surface area contributed by atoms with E-state index in [9.17, 15) is 9.90 Å². The predicted octanol–water partition coefficient (Wildman–Crippen LogP) is 4.51. The summed E-state index contributed by atoms with van der Waals surface area (Å²) in [5, 5.41) is 10.5. The molecule has 1 N–H and O–H groups in total. The molecule has 3 aromatic rings. The van der Waals surface area contributed by atoms with E-state index >= 15 is 0 Å². The number of aromatic carboxylic acids is 1. The van der Waals surface area contributed by atoms with Gasteiger partial charge in [0, 0.05) is 11.9 Å². The molecular formula is C19H19NO2. The maximum absolute atomic E-state index is 11.6. The molecule has 0 unspecified atom stereocenters. The van der Waals surface area contributed by atoms with Gasteiger partial charge in [-0.2, -0.15) is 0 Å². The summed E-state index contributed by atoms with van der Waals surface area (Å²) >= 11 is 0. The summed E-state index contributed by atoms with van der Waals surface area (Å²) < 4.78 is 1.92. The van der Waals surface area contributed by atoms with Crippen molar-refractivity contribution in [2.24, 2.45) is 0 Å². The van der Waals surface area contributed by atoms with Crippen LogP contribution >= 0.6 is 0 Å². The molecule has 0 radical (unpaired) electrons. The topological polar surface area (TPSA) is 42.2 Å². The summed E-state index contributed by atoms with van der Waals surface area (Å²) in [7, 11) is 0. The first-order chi connectivity index (χ1) is 10.6. The van der Waals surface area contributed by atoms with Gasteiger partial charge in [0.15, 0.2) is 0 Å². The van der Waals surface area contributed by atoms with Crippen molar-refractivity contribution in [1.82, 2.24) is 4.57 Å². The number of para-hydroxylation sites is 1. The average molecular weight is 293 g/mol. The number of carboxylic acids is 1. The highest BCUT2D eigenvalue weighted by Gasteiger charge is 2.18. The smallest absolute Gasteiger partial charge is 0.352 e. The van der Waals surface area contributed by atoms with E-state index in [1.807, 2.05) is 47.0 Å². The number of hydrogen-bond donors (Lipinski definition) is 1. The average Bonchev–Trinajstić information content (AvgIpc) is 2.87. The van der Waals surface area contributed by atoms with Crippen molar-refractivity contribution in [3.05, 3.63) is 71.4 Å². The van der Waals surface area contributed by atoms with Gasteiger partial charge in [-0.3, -0.25) is 0 Å². The fourth-order valence-electron chi connectivity index (χ4n) is 2.93. The Balaban J connectivity index is 2.25. The molecule has 1 heterocycles. The number of nitrogens with zero attached hydrogens (tertiary/aromatic N) is 1. The first-order valence-electron chi connectivity index (χ1n) is 7.47. The Bertz CT molecular complexity index is 816. The van der Waals surface area contributed by atoms with Gasteiger partial charge in [0.2, 0.25) is 0 Å². The normalized spacial score (nSPS) is 11.2. The molecule has 3 rings (SSSR count). The van der Waals surface area contributed by atoms with Gasteiger partial charge in [-0.25, -0.2) is 4.79 Å². The number of aromatic nitrogens is 1. The monoisotopic (exact) mass is 293 g/mol. The number of carbonyl (C=O) groups is 1. The first kappa shape index (κ1) is 14.4. The molecule has 3 heteroatoms. The minimum Gasteiger partial charge on any atom is -0.477 e. The molecule has 0 fully saturated rings. The summed E-state index contributed by atoms with van der Waals surface area (Å²) in [6, 6.07) is 17.8. The maximum atomic E-state index is 11.6. The Morgan fingerprint density at radius 1 is 1.09 bits per heavy atom. The van der Waals surface area contributed by atoms with Gasteiger partial charge >= 0.3 is 5.97 Å². The molecule has 22 heavy (non-hydrogen) atoms. The molecule has 0 aliphatic heterocycles. The van der Waals surface area contributed by atoms with Crippen LogP contribution in [-0.4, -0.2) is 15.6 Å². The van der Waals surface area contributed by atoms with E-state index in [0.29, 0.717) is 18.2 Å². The second-order valence-electron chi connectivity index (χ2n) is 5.85. The molecule has 0 saturated carbocycles. The fourth-order valence-corrected chi connectivity index (χ4v) is 2.93. The van der Waals surface area contributed by atoms with Gasteiger partial charge in [-0.15, -0.1) is 0 Å². The molecular weight excluding hydrogens is 274 g/mol. The van der Waals surface area contributed by atoms with Gasteiger partial charge < -0.3 is 9.67 Å². The Hall–Kier alpha value is -2.55. The standard InChI is InChI=1S/C19H19NO2/c1-13(2)16-10-6-9-15-11-17(19(21)22)20(18(15)16)12-14-7-4-3-5-8-14/h3-11,13H,12H2,1-2H3,(H,21,22). The van der Waals surface area contributed by atoms with E-state index in [1.165, 1.54) is 5.56 Å². The molecule has 2 aromatic carbocycles. The molecule has 1 aromatic heterocycles. The highest BCUT2D eigenvalue weighted by Crippen LogP contribution is 2.29. The van der Waals surface area contributed by atoms with E-state index in [4.69, 9.17) is 0 Å². The van der Waals surface area contributed by atoms with Gasteiger partial charge in [0.05, 0.1) is 5.52 Å². The molecule has 0 bridgehead atoms. The van der Waals surface area contributed by atoms with Gasteiger partial charge in [0.25, 0.3) is 0 Å². The molecule has 0 spiro atoms. The maximum Gasteiger partial charge on any atom is 0.352 e. The molecule has 0 atom stereocenters. The first-order valence-corrected chi connectivity index (χ1v) is 7.47. The second kappa shape index (κ2) is 5.68. The number of rotatable bonds is 4. The number of carboxylic acid groups (broad SMARTS) is 1. The van der Waals surface area contributed by atoms with Crippen LogP contribution in [0.15, 0.2) is 54.6 Å². The van der Waals surface area contributed by atoms with Crippen molar-refractivity contribution in [1.29, 1.82) is 0 Å². The van der Waals surface area contributed by atoms with Crippen LogP contribution in [0.4, 0.5) is 0 Å². The van der Waals surface area contributed by atoms with Crippen molar-refractivity contribution in [2.75, 3.05) is 0 Å². The van der Waals surface area contributed by atoms with Crippen LogP contribution in [0, 0.1) is 0 Å². The Kier molecular flexibility index (Phi) is 3.72. The van der Waals surface area contributed by atoms with E-state index in [2.05, 4.69) is 19.9 Å². The minimum absolute atomic E-state index is 0.340. The third-order valence-corrected chi connectivity index (χ3v) is 3.98. The Morgan fingerprint density at radius 3 is 2.45 bits per heavy atom. The Morgan fingerprint density at radius 2 is 1.82 bits per heavy atom. The third kappa shape index (κ3) is 2.50. The third-order valence-electron chi connectivity index (χ3n) is 3.98. The summed E-state index contributed by atoms with van der Waals surface area (Å²) in [6.07, 6.45) is 0. The lowest BCUT2D eigenvalue weighted by Gasteiger charge is -2.14. The van der Waals surface area contributed by atoms with Crippen LogP contribution in [0.5, 0.6) is 0 Å². The number of fused-ring (bicyclic) bond motifs is 1. The molecule has 3 nitrogen and oxygen atoms in total. The van der Waals surface area contributed by atoms with Crippen molar-refractivity contribution in [3.63, 3.8) is 0 Å². The largest absolute Gasteiger partial charge is 0.477 e. The van der Waals surface area contributed by atoms with Gasteiger partial charge in [0.1, 0.15) is 5.69 Å². The van der Waals surface area contributed by atoms with E-state index < -0.39 is 5.97 Å². The summed E-state index contributed by atoms with van der Waals surface area (Å²) in [4.78, 5) is 11.6. The van der Waals surface area contributed by atoms with Gasteiger partial charge in [-0.05, 0) is 23.1 Å². The van der Waals surface area contributed by atoms with Crippen LogP contribution in [0.3, 0.4) is 0 Å². The van der Waals surface area contributed by atoms with Crippen molar-refractivity contribution in [2.45, 2.75) is 26.3 Å². The quantitative estimate of drug-likeness (QED) is 0.769. The highest BCUT2D eigenvalue weighted by molar-refractivity contribution is 5.96. The lowest BCUT2D eigenvalue weighted by molar-refractivity contribution is 0.0686. The predicted molar refractivity (Wildman–Crippen MR) is 88.5 cm³/mol. The highest BCUT2D eigenvalue weighted by atomic mass is 16.4. The van der Waals surface area contributed by atoms with Crippen LogP contribution < -0.4 is 0 Å². The van der Waals surface area contributed by atoms with E-state index in [0.717, 1.165) is 16.5 Å². The lowest BCUT2D eigenvalue weighted by Crippen LogP contribution is -2.10. The lowest BCUT2D eigenvalue weighted by atomic mass is 10.0. The number of benzene rings is 2. The summed E-state index contributed by atoms with van der Waals surface area (Å²) in [5.74, 6) is -0.545. The zero-order chi connectivity index (χ0) is 15.7. The van der Waals surface area contributed by atoms with Crippen molar-refractivity contribution < 1.29 is 9.90 Å². The van der Waals surface area contributed by atoms with Crippen LogP contribution in [-0.2, 0) is 6.54 Å². The van der Waals surface area contributed by atoms with Crippen molar-refractivity contribution >= 4 is 16.9 Å². The molecule has 0 saturated heterocycles. The van der Waals surface area contributed by atoms with Crippen LogP contribution in [0.2, 0.25) is 0 Å². The molecule has 112 valence electrons. The van der Waals surface area contributed by atoms with Crippen LogP contribution in [0.1, 0.15) is 41.4 Å². The second-order valence-corrected chi connectivity index (χ2v) is 5.85. The number of hydrogen-bond acceptors (Lipinski definition) is 1. The molecule has 0 aliphatic rings. The van der Waals surface area contributed by atoms with Gasteiger partial charge in [-0.1, -0.05) is 62.4 Å². The Labute approximate surface area is 129 Å². The molecule has 0 aliphatic carbocycles. The zero-order valence-corrected chi connectivity index (χ0v) is 12.8. The van der Waals surface area contributed by atoms with Crippen LogP contribution in [0.25, 0.3) is 10.9 Å². The zero-order valence-electron chi connectivity index (χ0n) is 12.8. The molecule has 0 amide bonds. The SMILES string of the molecule is CC(C)c1cccc2cc(C(=O)O)n(Cc3ccccc3)c12. The van der Waals surface area contributed by atoms with E-state index in [1.54, 1.807) is 6.07 Å². The van der Waals surface area contributed by atoms with Crippen molar-refractivity contribution in [3.8, 4) is 0 Å². The minimum atomic E-state index is -0.887. The summed E-state index contributed by atoms with van der Waals surface area (Å²) in [6.45, 7) is 4.83. The van der Waals surface area contributed by atoms with E-state index in [-0.39, 0.29) is 0 Å². The fraction of sp³-hybridized carbons (Fsp3) is 0.211.